The Bertz CT molecular complexity index is 353. The van der Waals surface area contributed by atoms with Crippen molar-refractivity contribution in [3.63, 3.8) is 0 Å². The van der Waals surface area contributed by atoms with Gasteiger partial charge in [-0.05, 0) is 47.1 Å². The fourth-order valence-electron chi connectivity index (χ4n) is 3.24. The fraction of sp³-hybridized carbons (Fsp3) is 0.810. The molecule has 0 unspecified atom stereocenters. The molecule has 0 aliphatic heterocycles. The fourth-order valence-corrected chi connectivity index (χ4v) is 4.15. The van der Waals surface area contributed by atoms with Crippen molar-refractivity contribution in [2.45, 2.75) is 104 Å². The van der Waals surface area contributed by atoms with Crippen molar-refractivity contribution in [2.24, 2.45) is 5.92 Å². The van der Waals surface area contributed by atoms with Crippen LogP contribution in [0.2, 0.25) is 0 Å². The molecule has 22 heavy (non-hydrogen) atoms. The highest BCUT2D eigenvalue weighted by atomic mass is 32.1. The zero-order valence-corrected chi connectivity index (χ0v) is 16.1. The maximum atomic E-state index is 2.44. The molecule has 1 aromatic heterocycles. The topological polar surface area (TPSA) is 0 Å². The van der Waals surface area contributed by atoms with Crippen LogP contribution in [0.15, 0.2) is 10.8 Å². The molecule has 0 spiro atoms. The minimum Gasteiger partial charge on any atom is -0.152 e. The second kappa shape index (κ2) is 13.2. The maximum Gasteiger partial charge on any atom is -0.00583 e. The van der Waals surface area contributed by atoms with Gasteiger partial charge in [-0.3, -0.25) is 0 Å². The van der Waals surface area contributed by atoms with Gasteiger partial charge in [-0.25, -0.2) is 0 Å². The molecule has 0 radical (unpaired) electrons. The second-order valence-electron chi connectivity index (χ2n) is 7.10. The molecule has 0 N–H and O–H groups in total. The minimum absolute atomic E-state index is 0.856. The van der Waals surface area contributed by atoms with Gasteiger partial charge >= 0.3 is 0 Å². The molecule has 1 rings (SSSR count). The number of hydrogen-bond acceptors (Lipinski definition) is 1. The first-order chi connectivity index (χ1) is 10.8. The first-order valence-corrected chi connectivity index (χ1v) is 10.8. The van der Waals surface area contributed by atoms with Crippen LogP contribution in [0.5, 0.6) is 0 Å². The van der Waals surface area contributed by atoms with Gasteiger partial charge in [0.2, 0.25) is 0 Å². The van der Waals surface area contributed by atoms with Crippen LogP contribution in [0, 0.1) is 5.92 Å². The Hall–Kier alpha value is -0.300. The highest BCUT2D eigenvalue weighted by Crippen LogP contribution is 2.23. The van der Waals surface area contributed by atoms with Crippen LogP contribution in [0.3, 0.4) is 0 Å². The molecule has 0 saturated carbocycles. The summed E-state index contributed by atoms with van der Waals surface area (Å²) in [5, 5.41) is 4.82. The third kappa shape index (κ3) is 8.98. The number of hydrogen-bond donors (Lipinski definition) is 0. The van der Waals surface area contributed by atoms with Crippen molar-refractivity contribution in [3.05, 3.63) is 21.9 Å². The van der Waals surface area contributed by atoms with Crippen LogP contribution in [-0.2, 0) is 12.8 Å². The van der Waals surface area contributed by atoms with Gasteiger partial charge < -0.3 is 0 Å². The van der Waals surface area contributed by atoms with E-state index in [2.05, 4.69) is 31.5 Å². The Labute approximate surface area is 143 Å². The summed E-state index contributed by atoms with van der Waals surface area (Å²) in [7, 11) is 0. The van der Waals surface area contributed by atoms with Gasteiger partial charge in [-0.15, -0.1) is 0 Å². The van der Waals surface area contributed by atoms with Gasteiger partial charge in [-0.2, -0.15) is 11.3 Å². The number of unbranched alkanes of at least 4 members (excludes halogenated alkanes) is 8. The average molecular weight is 323 g/mol. The molecule has 1 heterocycles. The van der Waals surface area contributed by atoms with Crippen molar-refractivity contribution in [3.8, 4) is 0 Å². The molecule has 0 nitrogen and oxygen atoms in total. The molecule has 0 aliphatic rings. The predicted octanol–water partition coefficient (Wildman–Crippen LogP) is 7.80. The molecule has 0 fully saturated rings. The number of thiophene rings is 1. The summed E-state index contributed by atoms with van der Waals surface area (Å²) in [6.07, 6.45) is 18.1. The monoisotopic (exact) mass is 322 g/mol. The Morgan fingerprint density at radius 1 is 0.773 bits per heavy atom. The van der Waals surface area contributed by atoms with Crippen LogP contribution in [0.1, 0.15) is 103 Å². The molecule has 0 aliphatic carbocycles. The van der Waals surface area contributed by atoms with Gasteiger partial charge in [0.1, 0.15) is 0 Å². The lowest BCUT2D eigenvalue weighted by Crippen LogP contribution is -2.01. The largest absolute Gasteiger partial charge is 0.152 e. The van der Waals surface area contributed by atoms with Crippen LogP contribution in [-0.4, -0.2) is 0 Å². The first-order valence-electron chi connectivity index (χ1n) is 9.81. The maximum absolute atomic E-state index is 2.44. The Morgan fingerprint density at radius 3 is 2.09 bits per heavy atom. The summed E-state index contributed by atoms with van der Waals surface area (Å²) in [6, 6.07) is 0. The normalized spacial score (nSPS) is 12.7. The lowest BCUT2D eigenvalue weighted by atomic mass is 9.93. The van der Waals surface area contributed by atoms with Gasteiger partial charge in [0.05, 0.1) is 0 Å². The third-order valence-corrected chi connectivity index (χ3v) is 5.59. The molecule has 0 saturated heterocycles. The lowest BCUT2D eigenvalue weighted by Gasteiger charge is -2.12. The first kappa shape index (κ1) is 19.7. The molecule has 1 heteroatoms. The molecule has 0 aromatic carbocycles. The average Bonchev–Trinajstić information content (AvgIpc) is 2.94. The molecule has 128 valence electrons. The standard InChI is InChI=1S/C21H38S/c1-4-6-8-10-11-13-15-20-17-22-18-21(20)16-19(3)14-12-9-7-5-2/h17-19H,4-16H2,1-3H3/t19-/m1/s1. The summed E-state index contributed by atoms with van der Waals surface area (Å²) in [5.74, 6) is 0.856. The van der Waals surface area contributed by atoms with E-state index >= 15 is 0 Å². The minimum atomic E-state index is 0.856. The van der Waals surface area contributed by atoms with E-state index in [0.717, 1.165) is 5.92 Å². The number of rotatable bonds is 14. The van der Waals surface area contributed by atoms with Crippen molar-refractivity contribution >= 4 is 11.3 Å². The Kier molecular flexibility index (Phi) is 11.8. The van der Waals surface area contributed by atoms with Crippen molar-refractivity contribution in [2.75, 3.05) is 0 Å². The quantitative estimate of drug-likeness (QED) is 0.306. The summed E-state index contributed by atoms with van der Waals surface area (Å²) < 4.78 is 0. The molecule has 0 bridgehead atoms. The van der Waals surface area contributed by atoms with Gasteiger partial charge in [0.15, 0.2) is 0 Å². The molecule has 1 aromatic rings. The Balaban J connectivity index is 2.20. The summed E-state index contributed by atoms with van der Waals surface area (Å²) >= 11 is 1.91. The molecule has 0 amide bonds. The van der Waals surface area contributed by atoms with E-state index in [9.17, 15) is 0 Å². The van der Waals surface area contributed by atoms with E-state index in [4.69, 9.17) is 0 Å². The summed E-state index contributed by atoms with van der Waals surface area (Å²) in [6.45, 7) is 7.03. The van der Waals surface area contributed by atoms with E-state index in [-0.39, 0.29) is 0 Å². The summed E-state index contributed by atoms with van der Waals surface area (Å²) in [4.78, 5) is 0. The van der Waals surface area contributed by atoms with E-state index < -0.39 is 0 Å². The van der Waals surface area contributed by atoms with Crippen molar-refractivity contribution in [1.29, 1.82) is 0 Å². The SMILES string of the molecule is CCCCCCCCc1cscc1C[C@H](C)CCCCCC. The highest BCUT2D eigenvalue weighted by molar-refractivity contribution is 7.08. The predicted molar refractivity (Wildman–Crippen MR) is 103 cm³/mol. The van der Waals surface area contributed by atoms with E-state index in [1.54, 1.807) is 11.1 Å². The molecular weight excluding hydrogens is 284 g/mol. The van der Waals surface area contributed by atoms with Gasteiger partial charge in [-0.1, -0.05) is 85.0 Å². The van der Waals surface area contributed by atoms with Crippen LogP contribution < -0.4 is 0 Å². The van der Waals surface area contributed by atoms with Gasteiger partial charge in [0, 0.05) is 0 Å². The highest BCUT2D eigenvalue weighted by Gasteiger charge is 2.09. The Morgan fingerprint density at radius 2 is 1.36 bits per heavy atom. The number of aryl methyl sites for hydroxylation is 1. The van der Waals surface area contributed by atoms with E-state index in [0.29, 0.717) is 0 Å². The van der Waals surface area contributed by atoms with E-state index in [1.165, 1.54) is 83.5 Å². The van der Waals surface area contributed by atoms with Crippen molar-refractivity contribution < 1.29 is 0 Å². The molecule has 1 atom stereocenters. The zero-order chi connectivity index (χ0) is 16.0. The second-order valence-corrected chi connectivity index (χ2v) is 7.84. The summed E-state index contributed by atoms with van der Waals surface area (Å²) in [5.41, 5.74) is 3.31. The van der Waals surface area contributed by atoms with Gasteiger partial charge in [0.25, 0.3) is 0 Å². The third-order valence-electron chi connectivity index (χ3n) is 4.75. The van der Waals surface area contributed by atoms with Crippen LogP contribution in [0.25, 0.3) is 0 Å². The molecular formula is C21H38S. The smallest absolute Gasteiger partial charge is 0.00583 e. The van der Waals surface area contributed by atoms with E-state index in [1.807, 2.05) is 11.3 Å². The zero-order valence-electron chi connectivity index (χ0n) is 15.3. The lowest BCUT2D eigenvalue weighted by molar-refractivity contribution is 0.486. The van der Waals surface area contributed by atoms with Crippen molar-refractivity contribution in [1.82, 2.24) is 0 Å². The van der Waals surface area contributed by atoms with Crippen LogP contribution >= 0.6 is 11.3 Å². The van der Waals surface area contributed by atoms with Crippen LogP contribution in [0.4, 0.5) is 0 Å².